The Kier molecular flexibility index (Phi) is 14.1. The summed E-state index contributed by atoms with van der Waals surface area (Å²) in [5.41, 5.74) is 3.52. The topological polar surface area (TPSA) is 78.9 Å². The van der Waals surface area contributed by atoms with Crippen LogP contribution in [0.2, 0.25) is 0 Å². The van der Waals surface area contributed by atoms with Gasteiger partial charge in [0.25, 0.3) is 0 Å². The van der Waals surface area contributed by atoms with Crippen LogP contribution < -0.4 is 0 Å². The molecule has 1 aliphatic carbocycles. The molecular weight excluding hydrogens is 420 g/mol. The number of hydrogen-bond acceptors (Lipinski definition) is 6. The van der Waals surface area contributed by atoms with Crippen LogP contribution in [-0.4, -0.2) is 31.6 Å². The van der Waals surface area contributed by atoms with Gasteiger partial charge in [-0.05, 0) is 70.4 Å². The van der Waals surface area contributed by atoms with Gasteiger partial charge >= 0.3 is 17.9 Å². The second-order valence-corrected chi connectivity index (χ2v) is 8.95. The second-order valence-electron chi connectivity index (χ2n) is 8.95. The molecule has 0 N–H and O–H groups in total. The summed E-state index contributed by atoms with van der Waals surface area (Å²) in [7, 11) is 1.39. The molecule has 0 saturated carbocycles. The number of unbranched alkanes of at least 4 members (excludes halogenated alkanes) is 2. The number of esters is 3. The van der Waals surface area contributed by atoms with Crippen LogP contribution in [-0.2, 0) is 28.6 Å². The minimum atomic E-state index is -0.429. The Balaban J connectivity index is 2.49. The van der Waals surface area contributed by atoms with E-state index in [1.54, 1.807) is 0 Å². The molecule has 0 radical (unpaired) electrons. The second kappa shape index (κ2) is 16.3. The molecule has 1 rings (SSSR count). The predicted molar refractivity (Wildman–Crippen MR) is 129 cm³/mol. The van der Waals surface area contributed by atoms with Crippen LogP contribution in [0.25, 0.3) is 0 Å². The summed E-state index contributed by atoms with van der Waals surface area (Å²) < 4.78 is 15.7. The lowest BCUT2D eigenvalue weighted by molar-refractivity contribution is -0.147. The smallest absolute Gasteiger partial charge is 0.311 e. The Morgan fingerprint density at radius 1 is 0.970 bits per heavy atom. The van der Waals surface area contributed by atoms with Crippen molar-refractivity contribution in [1.82, 2.24) is 0 Å². The molecule has 0 aromatic carbocycles. The van der Waals surface area contributed by atoms with E-state index in [1.165, 1.54) is 18.3 Å². The molecular formula is C27H42O6. The zero-order valence-corrected chi connectivity index (χ0v) is 21.2. The monoisotopic (exact) mass is 462 g/mol. The number of ether oxygens (including phenoxy) is 3. The summed E-state index contributed by atoms with van der Waals surface area (Å²) in [5, 5.41) is 0. The van der Waals surface area contributed by atoms with Gasteiger partial charge in [-0.2, -0.15) is 0 Å². The van der Waals surface area contributed by atoms with E-state index in [0.717, 1.165) is 50.5 Å². The molecule has 0 aromatic heterocycles. The van der Waals surface area contributed by atoms with Crippen molar-refractivity contribution in [3.63, 3.8) is 0 Å². The number of carbonyl (C=O) groups is 3. The minimum absolute atomic E-state index is 0.00642. The molecule has 0 fully saturated rings. The van der Waals surface area contributed by atoms with Gasteiger partial charge in [0, 0.05) is 6.42 Å². The maximum absolute atomic E-state index is 12.3. The van der Waals surface area contributed by atoms with Crippen molar-refractivity contribution >= 4 is 17.9 Å². The van der Waals surface area contributed by atoms with Gasteiger partial charge in [0.05, 0.1) is 26.4 Å². The summed E-state index contributed by atoms with van der Waals surface area (Å²) in [5.74, 6) is -0.346. The molecule has 1 atom stereocenters. The Hall–Kier alpha value is -2.37. The molecule has 0 aliphatic heterocycles. The third-order valence-corrected chi connectivity index (χ3v) is 5.80. The van der Waals surface area contributed by atoms with E-state index in [4.69, 9.17) is 14.2 Å². The highest BCUT2D eigenvalue weighted by Gasteiger charge is 2.29. The van der Waals surface area contributed by atoms with E-state index in [2.05, 4.69) is 26.8 Å². The normalized spacial score (nSPS) is 15.9. The van der Waals surface area contributed by atoms with Crippen LogP contribution in [0.3, 0.4) is 0 Å². The molecule has 6 nitrogen and oxygen atoms in total. The van der Waals surface area contributed by atoms with Gasteiger partial charge in [0.2, 0.25) is 0 Å². The third kappa shape index (κ3) is 12.4. The Labute approximate surface area is 199 Å². The Morgan fingerprint density at radius 3 is 2.36 bits per heavy atom. The number of hydrogen-bond donors (Lipinski definition) is 0. The zero-order chi connectivity index (χ0) is 24.6. The Morgan fingerprint density at radius 2 is 1.70 bits per heavy atom. The van der Waals surface area contributed by atoms with E-state index >= 15 is 0 Å². The zero-order valence-electron chi connectivity index (χ0n) is 21.2. The fourth-order valence-electron chi connectivity index (χ4n) is 3.84. The SMILES string of the molecule is CCCCCC1=C(OC(=O)CCC(=O)OCC=C(C)CCC=C(C)C)CCC1CC(=O)OC. The van der Waals surface area contributed by atoms with Gasteiger partial charge in [-0.3, -0.25) is 14.4 Å². The van der Waals surface area contributed by atoms with Crippen LogP contribution in [0.1, 0.15) is 98.3 Å². The molecule has 0 bridgehead atoms. The van der Waals surface area contributed by atoms with Crippen LogP contribution in [0, 0.1) is 5.92 Å². The lowest BCUT2D eigenvalue weighted by Crippen LogP contribution is -2.12. The standard InChI is InChI=1S/C27H42O6/c1-6-7-8-12-23-22(19-27(30)31-5)13-14-24(23)33-26(29)16-15-25(28)32-18-17-21(4)11-9-10-20(2)3/h10,17,22H,6-9,11-16,18-19H2,1-5H3. The average molecular weight is 463 g/mol. The van der Waals surface area contributed by atoms with Crippen molar-refractivity contribution in [2.75, 3.05) is 13.7 Å². The lowest BCUT2D eigenvalue weighted by atomic mass is 9.93. The highest BCUT2D eigenvalue weighted by molar-refractivity contribution is 5.78. The molecule has 0 amide bonds. The summed E-state index contributed by atoms with van der Waals surface area (Å²) in [6.45, 7) is 8.52. The molecule has 0 aromatic rings. The average Bonchev–Trinajstić information content (AvgIpc) is 3.13. The molecule has 1 aliphatic rings. The van der Waals surface area contributed by atoms with Crippen molar-refractivity contribution in [1.29, 1.82) is 0 Å². The highest BCUT2D eigenvalue weighted by atomic mass is 16.5. The van der Waals surface area contributed by atoms with E-state index in [0.29, 0.717) is 18.6 Å². The first-order chi connectivity index (χ1) is 15.8. The van der Waals surface area contributed by atoms with E-state index in [1.807, 2.05) is 13.0 Å². The van der Waals surface area contributed by atoms with Crippen LogP contribution in [0.5, 0.6) is 0 Å². The molecule has 33 heavy (non-hydrogen) atoms. The largest absolute Gasteiger partial charge is 0.469 e. The van der Waals surface area contributed by atoms with Gasteiger partial charge in [-0.25, -0.2) is 0 Å². The maximum atomic E-state index is 12.3. The minimum Gasteiger partial charge on any atom is -0.469 e. The number of rotatable bonds is 15. The number of allylic oxidation sites excluding steroid dienone is 5. The van der Waals surface area contributed by atoms with Crippen LogP contribution in [0.15, 0.2) is 34.6 Å². The van der Waals surface area contributed by atoms with E-state index in [9.17, 15) is 14.4 Å². The van der Waals surface area contributed by atoms with Crippen LogP contribution in [0.4, 0.5) is 0 Å². The van der Waals surface area contributed by atoms with Gasteiger partial charge in [-0.15, -0.1) is 0 Å². The number of methoxy groups -OCH3 is 1. The van der Waals surface area contributed by atoms with Crippen molar-refractivity contribution in [3.8, 4) is 0 Å². The van der Waals surface area contributed by atoms with Crippen LogP contribution >= 0.6 is 0 Å². The first-order valence-corrected chi connectivity index (χ1v) is 12.2. The van der Waals surface area contributed by atoms with Crippen molar-refractivity contribution in [3.05, 3.63) is 34.6 Å². The summed E-state index contributed by atoms with van der Waals surface area (Å²) in [6, 6.07) is 0. The molecule has 1 unspecified atom stereocenters. The van der Waals surface area contributed by atoms with Crippen molar-refractivity contribution in [2.45, 2.75) is 98.3 Å². The number of carbonyl (C=O) groups excluding carboxylic acids is 3. The third-order valence-electron chi connectivity index (χ3n) is 5.80. The fourth-order valence-corrected chi connectivity index (χ4v) is 3.84. The highest BCUT2D eigenvalue weighted by Crippen LogP contribution is 2.38. The molecule has 0 spiro atoms. The predicted octanol–water partition coefficient (Wildman–Crippen LogP) is 6.35. The van der Waals surface area contributed by atoms with Gasteiger partial charge < -0.3 is 14.2 Å². The maximum Gasteiger partial charge on any atom is 0.311 e. The van der Waals surface area contributed by atoms with E-state index in [-0.39, 0.29) is 31.3 Å². The Bertz CT molecular complexity index is 740. The molecule has 186 valence electrons. The van der Waals surface area contributed by atoms with E-state index < -0.39 is 11.9 Å². The fraction of sp³-hybridized carbons (Fsp3) is 0.667. The quantitative estimate of drug-likeness (QED) is 0.122. The first-order valence-electron chi connectivity index (χ1n) is 12.2. The summed E-state index contributed by atoms with van der Waals surface area (Å²) in [4.78, 5) is 36.1. The molecule has 0 saturated heterocycles. The lowest BCUT2D eigenvalue weighted by Gasteiger charge is -2.14. The van der Waals surface area contributed by atoms with Crippen molar-refractivity contribution < 1.29 is 28.6 Å². The molecule has 0 heterocycles. The summed E-state index contributed by atoms with van der Waals surface area (Å²) in [6.07, 6.45) is 11.7. The van der Waals surface area contributed by atoms with Gasteiger partial charge in [-0.1, -0.05) is 37.0 Å². The van der Waals surface area contributed by atoms with Crippen molar-refractivity contribution in [2.24, 2.45) is 5.92 Å². The first kappa shape index (κ1) is 28.7. The van der Waals surface area contributed by atoms with Gasteiger partial charge in [0.15, 0.2) is 0 Å². The molecule has 6 heteroatoms. The van der Waals surface area contributed by atoms with Gasteiger partial charge in [0.1, 0.15) is 12.4 Å². The summed E-state index contributed by atoms with van der Waals surface area (Å²) >= 11 is 0.